The number of nitrogens with zero attached hydrogens (tertiary/aromatic N) is 2. The van der Waals surface area contributed by atoms with Gasteiger partial charge in [0.05, 0.1) is 7.11 Å². The Kier molecular flexibility index (Phi) is 11.5. The van der Waals surface area contributed by atoms with Crippen molar-refractivity contribution in [1.82, 2.24) is 9.97 Å². The molecule has 25 heavy (non-hydrogen) atoms. The highest BCUT2D eigenvalue weighted by Crippen LogP contribution is 2.19. The minimum absolute atomic E-state index is 0.458. The number of rotatable bonds is 4. The van der Waals surface area contributed by atoms with E-state index in [9.17, 15) is 0 Å². The van der Waals surface area contributed by atoms with Crippen LogP contribution in [-0.2, 0) is 6.42 Å². The van der Waals surface area contributed by atoms with Crippen LogP contribution in [0.5, 0.6) is 5.88 Å². The van der Waals surface area contributed by atoms with Crippen molar-refractivity contribution in [3.63, 3.8) is 0 Å². The first-order valence-corrected chi connectivity index (χ1v) is 9.35. The minimum atomic E-state index is 0.458. The molecule has 0 amide bonds. The molecular formula is C22H36N2O. The summed E-state index contributed by atoms with van der Waals surface area (Å²) in [6.45, 7) is 16.7. The second-order valence-electron chi connectivity index (χ2n) is 6.32. The summed E-state index contributed by atoms with van der Waals surface area (Å²) in [5.41, 5.74) is 4.66. The summed E-state index contributed by atoms with van der Waals surface area (Å²) in [6.07, 6.45) is 3.04. The lowest BCUT2D eigenvalue weighted by molar-refractivity contribution is 0.392. The maximum absolute atomic E-state index is 5.12. The van der Waals surface area contributed by atoms with Crippen LogP contribution in [0.25, 0.3) is 0 Å². The van der Waals surface area contributed by atoms with E-state index in [-0.39, 0.29) is 0 Å². The molecule has 0 radical (unpaired) electrons. The third-order valence-corrected chi connectivity index (χ3v) is 3.70. The van der Waals surface area contributed by atoms with Crippen LogP contribution in [-0.4, -0.2) is 17.1 Å². The van der Waals surface area contributed by atoms with E-state index in [0.717, 1.165) is 23.6 Å². The van der Waals surface area contributed by atoms with Gasteiger partial charge >= 0.3 is 0 Å². The van der Waals surface area contributed by atoms with Gasteiger partial charge < -0.3 is 4.74 Å². The summed E-state index contributed by atoms with van der Waals surface area (Å²) < 4.78 is 5.12. The number of pyridine rings is 2. The van der Waals surface area contributed by atoms with E-state index in [0.29, 0.717) is 11.8 Å². The number of ether oxygens (including phenoxy) is 1. The zero-order valence-corrected chi connectivity index (χ0v) is 17.6. The number of aryl methyl sites for hydroxylation is 2. The van der Waals surface area contributed by atoms with Gasteiger partial charge in [-0.15, -0.1) is 0 Å². The molecular weight excluding hydrogens is 308 g/mol. The Morgan fingerprint density at radius 3 is 1.88 bits per heavy atom. The monoisotopic (exact) mass is 344 g/mol. The van der Waals surface area contributed by atoms with Crippen LogP contribution >= 0.6 is 0 Å². The average molecular weight is 345 g/mol. The zero-order valence-electron chi connectivity index (χ0n) is 17.6. The van der Waals surface area contributed by atoms with Crippen LogP contribution in [0.1, 0.15) is 82.8 Å². The van der Waals surface area contributed by atoms with Crippen molar-refractivity contribution < 1.29 is 4.74 Å². The molecule has 0 aliphatic heterocycles. The number of hydrogen-bond acceptors (Lipinski definition) is 3. The molecule has 0 atom stereocenters. The number of methoxy groups -OCH3 is 1. The predicted molar refractivity (Wildman–Crippen MR) is 109 cm³/mol. The molecule has 0 bridgehead atoms. The van der Waals surface area contributed by atoms with Crippen molar-refractivity contribution in [1.29, 1.82) is 0 Å². The summed E-state index contributed by atoms with van der Waals surface area (Å²) in [7, 11) is 1.65. The number of hydrogen-bond donors (Lipinski definition) is 0. The van der Waals surface area contributed by atoms with Gasteiger partial charge in [0.2, 0.25) is 5.88 Å². The Morgan fingerprint density at radius 2 is 1.48 bits per heavy atom. The first kappa shape index (κ1) is 23.1. The summed E-state index contributed by atoms with van der Waals surface area (Å²) in [4.78, 5) is 8.72. The van der Waals surface area contributed by atoms with Gasteiger partial charge in [0, 0.05) is 23.1 Å². The maximum atomic E-state index is 5.12. The Balaban J connectivity index is 0.000000421. The highest BCUT2D eigenvalue weighted by atomic mass is 16.5. The van der Waals surface area contributed by atoms with E-state index < -0.39 is 0 Å². The molecule has 3 nitrogen and oxygen atoms in total. The molecule has 0 N–H and O–H groups in total. The van der Waals surface area contributed by atoms with Crippen LogP contribution in [0.2, 0.25) is 0 Å². The highest BCUT2D eigenvalue weighted by Gasteiger charge is 2.04. The van der Waals surface area contributed by atoms with Gasteiger partial charge in [0.1, 0.15) is 0 Å². The Labute approximate surface area is 154 Å². The molecule has 2 aromatic rings. The van der Waals surface area contributed by atoms with Crippen molar-refractivity contribution in [3.05, 3.63) is 53.0 Å². The van der Waals surface area contributed by atoms with Crippen LogP contribution in [0.15, 0.2) is 30.5 Å². The predicted octanol–water partition coefficient (Wildman–Crippen LogP) is 6.32. The largest absolute Gasteiger partial charge is 0.481 e. The van der Waals surface area contributed by atoms with E-state index in [1.54, 1.807) is 7.11 Å². The fraction of sp³-hybridized carbons (Fsp3) is 0.545. The van der Waals surface area contributed by atoms with Gasteiger partial charge in [-0.2, -0.15) is 0 Å². The average Bonchev–Trinajstić information content (AvgIpc) is 2.64. The molecule has 0 saturated carbocycles. The third-order valence-electron chi connectivity index (χ3n) is 3.70. The standard InChI is InChI=1S/C10H15NO.C10H15N.C2H6/c1-7(2)9-6-5-8(3)10(11-9)12-4;1-4-9-5-6-10(8(2)3)11-7-9;1-2/h5-7H,1-4H3;5-8H,4H2,1-3H3;1-2H3. The molecule has 3 heteroatoms. The van der Waals surface area contributed by atoms with E-state index in [1.807, 2.05) is 39.1 Å². The lowest BCUT2D eigenvalue weighted by Crippen LogP contribution is -1.97. The van der Waals surface area contributed by atoms with E-state index >= 15 is 0 Å². The molecule has 0 unspecified atom stereocenters. The van der Waals surface area contributed by atoms with Crippen LogP contribution in [0.4, 0.5) is 0 Å². The van der Waals surface area contributed by atoms with Gasteiger partial charge in [0.15, 0.2) is 0 Å². The van der Waals surface area contributed by atoms with Crippen LogP contribution < -0.4 is 4.74 Å². The van der Waals surface area contributed by atoms with E-state index in [2.05, 4.69) is 56.7 Å². The second kappa shape index (κ2) is 12.5. The fourth-order valence-corrected chi connectivity index (χ4v) is 2.04. The molecule has 0 spiro atoms. The third kappa shape index (κ3) is 8.15. The lowest BCUT2D eigenvalue weighted by atomic mass is 10.1. The normalized spacial score (nSPS) is 9.88. The molecule has 140 valence electrons. The first-order valence-electron chi connectivity index (χ1n) is 9.35. The summed E-state index contributed by atoms with van der Waals surface area (Å²) in [5, 5.41) is 0. The number of aromatic nitrogens is 2. The zero-order chi connectivity index (χ0) is 19.4. The van der Waals surface area contributed by atoms with E-state index in [1.165, 1.54) is 11.3 Å². The van der Waals surface area contributed by atoms with Crippen molar-refractivity contribution in [2.45, 2.75) is 73.6 Å². The highest BCUT2D eigenvalue weighted by molar-refractivity contribution is 5.27. The molecule has 0 fully saturated rings. The Hall–Kier alpha value is -1.90. The molecule has 0 aliphatic carbocycles. The molecule has 0 aromatic carbocycles. The van der Waals surface area contributed by atoms with Gasteiger partial charge in [-0.3, -0.25) is 4.98 Å². The quantitative estimate of drug-likeness (QED) is 0.651. The van der Waals surface area contributed by atoms with Gasteiger partial charge in [-0.05, 0) is 42.9 Å². The second-order valence-corrected chi connectivity index (χ2v) is 6.32. The molecule has 2 aromatic heterocycles. The van der Waals surface area contributed by atoms with Crippen LogP contribution in [0.3, 0.4) is 0 Å². The fourth-order valence-electron chi connectivity index (χ4n) is 2.04. The van der Waals surface area contributed by atoms with Crippen LogP contribution in [0, 0.1) is 6.92 Å². The first-order chi connectivity index (χ1) is 11.9. The van der Waals surface area contributed by atoms with Gasteiger partial charge in [-0.1, -0.05) is 60.6 Å². The Morgan fingerprint density at radius 1 is 0.920 bits per heavy atom. The minimum Gasteiger partial charge on any atom is -0.481 e. The van der Waals surface area contributed by atoms with Gasteiger partial charge in [-0.25, -0.2) is 4.98 Å². The lowest BCUT2D eigenvalue weighted by Gasteiger charge is -2.08. The van der Waals surface area contributed by atoms with E-state index in [4.69, 9.17) is 4.74 Å². The van der Waals surface area contributed by atoms with Gasteiger partial charge in [0.25, 0.3) is 0 Å². The Bertz CT molecular complexity index is 589. The van der Waals surface area contributed by atoms with Crippen molar-refractivity contribution in [3.8, 4) is 5.88 Å². The summed E-state index contributed by atoms with van der Waals surface area (Å²) >= 11 is 0. The van der Waals surface area contributed by atoms with Crippen molar-refractivity contribution in [2.75, 3.05) is 7.11 Å². The van der Waals surface area contributed by atoms with Crippen molar-refractivity contribution in [2.24, 2.45) is 0 Å². The SMILES string of the molecule is CC.CCc1ccc(C(C)C)nc1.COc1nc(C(C)C)ccc1C. The molecule has 2 heterocycles. The molecule has 0 saturated heterocycles. The molecule has 0 aliphatic rings. The topological polar surface area (TPSA) is 35.0 Å². The van der Waals surface area contributed by atoms with Crippen molar-refractivity contribution >= 4 is 0 Å². The smallest absolute Gasteiger partial charge is 0.216 e. The maximum Gasteiger partial charge on any atom is 0.216 e. The molecule has 2 rings (SSSR count). The summed E-state index contributed by atoms with van der Waals surface area (Å²) in [5.74, 6) is 1.74. The summed E-state index contributed by atoms with van der Waals surface area (Å²) in [6, 6.07) is 8.36.